The smallest absolute Gasteiger partial charge is 0.155 e. The molecule has 5 rings (SSSR count). The first kappa shape index (κ1) is 24.2. The Kier molecular flexibility index (Phi) is 6.66. The number of nitrogens with one attached hydrogen (secondary N) is 2. The average molecular weight is 489 g/mol. The van der Waals surface area contributed by atoms with Crippen molar-refractivity contribution in [3.63, 3.8) is 0 Å². The Morgan fingerprint density at radius 3 is 2.81 bits per heavy atom. The highest BCUT2D eigenvalue weighted by Gasteiger charge is 2.26. The summed E-state index contributed by atoms with van der Waals surface area (Å²) >= 11 is 0. The fourth-order valence-corrected chi connectivity index (χ4v) is 5.31. The molecular formula is C27H36N8O. The molecule has 0 amide bonds. The van der Waals surface area contributed by atoms with Gasteiger partial charge >= 0.3 is 0 Å². The van der Waals surface area contributed by atoms with Crippen molar-refractivity contribution in [1.82, 2.24) is 29.5 Å². The Balaban J connectivity index is 1.52. The maximum atomic E-state index is 7.85. The van der Waals surface area contributed by atoms with Gasteiger partial charge in [0.1, 0.15) is 29.7 Å². The van der Waals surface area contributed by atoms with E-state index in [1.807, 2.05) is 24.1 Å². The van der Waals surface area contributed by atoms with Crippen LogP contribution in [0.5, 0.6) is 5.75 Å². The highest BCUT2D eigenvalue weighted by molar-refractivity contribution is 6.04. The molecule has 9 nitrogen and oxygen atoms in total. The van der Waals surface area contributed by atoms with Crippen LogP contribution in [0.25, 0.3) is 22.5 Å². The lowest BCUT2D eigenvalue weighted by Gasteiger charge is -2.30. The molecule has 9 heteroatoms. The van der Waals surface area contributed by atoms with Crippen molar-refractivity contribution in [3.05, 3.63) is 42.0 Å². The van der Waals surface area contributed by atoms with Crippen LogP contribution in [-0.4, -0.2) is 68.7 Å². The molecule has 190 valence electrons. The fourth-order valence-electron chi connectivity index (χ4n) is 5.31. The highest BCUT2D eigenvalue weighted by atomic mass is 16.5. The van der Waals surface area contributed by atoms with Crippen molar-refractivity contribution in [2.45, 2.75) is 52.1 Å². The number of amidine groups is 2. The molecule has 1 atom stereocenters. The summed E-state index contributed by atoms with van der Waals surface area (Å²) in [6, 6.07) is 6.58. The van der Waals surface area contributed by atoms with Crippen LogP contribution < -0.4 is 10.1 Å². The molecular weight excluding hydrogens is 452 g/mol. The number of imidazole rings is 1. The number of ether oxygens (including phenoxy) is 1. The number of aromatic nitrogens is 4. The topological polar surface area (TPSA) is 96.3 Å². The molecule has 2 aliphatic heterocycles. The van der Waals surface area contributed by atoms with Gasteiger partial charge in [-0.1, -0.05) is 6.07 Å². The number of piperidine rings is 1. The summed E-state index contributed by atoms with van der Waals surface area (Å²) in [5.41, 5.74) is 5.28. The number of likely N-dealkylation sites (N-methyl/N-ethyl adjacent to an activating group) is 1. The summed E-state index contributed by atoms with van der Waals surface area (Å²) in [4.78, 5) is 11.7. The van der Waals surface area contributed by atoms with E-state index in [9.17, 15) is 0 Å². The van der Waals surface area contributed by atoms with E-state index in [-0.39, 0.29) is 11.9 Å². The quantitative estimate of drug-likeness (QED) is 0.429. The van der Waals surface area contributed by atoms with Gasteiger partial charge in [0.15, 0.2) is 5.84 Å². The largest absolute Gasteiger partial charge is 0.491 e. The molecule has 1 saturated heterocycles. The normalized spacial score (nSPS) is 18.4. The zero-order valence-electron chi connectivity index (χ0n) is 21.9. The van der Waals surface area contributed by atoms with Gasteiger partial charge in [-0.3, -0.25) is 10.1 Å². The van der Waals surface area contributed by atoms with E-state index in [1.165, 1.54) is 24.1 Å². The Labute approximate surface area is 212 Å². The molecule has 1 fully saturated rings. The lowest BCUT2D eigenvalue weighted by molar-refractivity contribution is 0.246. The molecule has 3 aromatic rings. The van der Waals surface area contributed by atoms with Crippen molar-refractivity contribution in [2.75, 3.05) is 26.7 Å². The zero-order chi connectivity index (χ0) is 25.4. The van der Waals surface area contributed by atoms with E-state index < -0.39 is 0 Å². The Hall–Kier alpha value is -3.46. The third kappa shape index (κ3) is 4.80. The van der Waals surface area contributed by atoms with Crippen LogP contribution in [0.3, 0.4) is 0 Å². The van der Waals surface area contributed by atoms with Gasteiger partial charge in [0.25, 0.3) is 0 Å². The molecule has 0 aliphatic carbocycles. The van der Waals surface area contributed by atoms with Crippen molar-refractivity contribution in [1.29, 1.82) is 5.41 Å². The zero-order valence-corrected chi connectivity index (χ0v) is 21.9. The standard InChI is InChI=1S/C27H36N8O/c1-17(2)30-26(31-18(3)28)23-16-35-11-12-36-24-13-19(8-9-21(24)27(35)32-23)22-14-29-34(5)25(22)20-7-6-10-33(4)15-20/h8-9,13-14,16-17,20H,6-7,10-12,15H2,1-5H3,(H2,28,30,31). The van der Waals surface area contributed by atoms with Crippen LogP contribution in [0.15, 0.2) is 35.6 Å². The highest BCUT2D eigenvalue weighted by Crippen LogP contribution is 2.39. The van der Waals surface area contributed by atoms with Crippen molar-refractivity contribution in [2.24, 2.45) is 12.0 Å². The predicted octanol–water partition coefficient (Wildman–Crippen LogP) is 3.89. The molecule has 2 aliphatic rings. The molecule has 2 N–H and O–H groups in total. The SMILES string of the molecule is CC(=N)/N=C(\NC(C)C)c1cn2c(n1)-c1ccc(-c3cnn(C)c3C3CCCN(C)C3)cc1OCC2. The summed E-state index contributed by atoms with van der Waals surface area (Å²) in [5, 5.41) is 15.8. The van der Waals surface area contributed by atoms with Gasteiger partial charge in [0.05, 0.1) is 24.0 Å². The van der Waals surface area contributed by atoms with Crippen LogP contribution in [-0.2, 0) is 13.6 Å². The molecule has 4 heterocycles. The van der Waals surface area contributed by atoms with Crippen molar-refractivity contribution < 1.29 is 4.74 Å². The third-order valence-corrected chi connectivity index (χ3v) is 6.84. The minimum atomic E-state index is 0.181. The molecule has 0 saturated carbocycles. The van der Waals surface area contributed by atoms with Crippen LogP contribution >= 0.6 is 0 Å². The lowest BCUT2D eigenvalue weighted by Crippen LogP contribution is -2.32. The van der Waals surface area contributed by atoms with Gasteiger partial charge in [0.2, 0.25) is 0 Å². The minimum absolute atomic E-state index is 0.181. The van der Waals surface area contributed by atoms with Gasteiger partial charge in [-0.2, -0.15) is 5.10 Å². The van der Waals surface area contributed by atoms with Gasteiger partial charge in [0, 0.05) is 37.3 Å². The van der Waals surface area contributed by atoms with Gasteiger partial charge in [-0.05, 0) is 64.9 Å². The van der Waals surface area contributed by atoms with Gasteiger partial charge < -0.3 is 19.5 Å². The maximum Gasteiger partial charge on any atom is 0.155 e. The number of rotatable bonds is 4. The molecule has 0 radical (unpaired) electrons. The second-order valence-corrected chi connectivity index (χ2v) is 10.2. The Morgan fingerprint density at radius 2 is 2.06 bits per heavy atom. The van der Waals surface area contributed by atoms with Gasteiger partial charge in [-0.25, -0.2) is 9.98 Å². The van der Waals surface area contributed by atoms with Crippen LogP contribution in [0.2, 0.25) is 0 Å². The first-order valence-electron chi connectivity index (χ1n) is 12.8. The number of likely N-dealkylation sites (tertiary alicyclic amines) is 1. The fraction of sp³-hybridized carbons (Fsp3) is 0.481. The van der Waals surface area contributed by atoms with Gasteiger partial charge in [-0.15, -0.1) is 0 Å². The van der Waals surface area contributed by atoms with E-state index in [0.717, 1.165) is 41.5 Å². The average Bonchev–Trinajstić information content (AvgIpc) is 3.37. The van der Waals surface area contributed by atoms with Crippen molar-refractivity contribution >= 4 is 11.7 Å². The van der Waals surface area contributed by atoms with E-state index in [0.29, 0.717) is 24.9 Å². The summed E-state index contributed by atoms with van der Waals surface area (Å²) in [6.07, 6.45) is 6.37. The lowest BCUT2D eigenvalue weighted by atomic mass is 9.90. The molecule has 0 spiro atoms. The number of hydrogen-bond donors (Lipinski definition) is 2. The number of fused-ring (bicyclic) bond motifs is 3. The van der Waals surface area contributed by atoms with E-state index in [4.69, 9.17) is 15.1 Å². The number of benzene rings is 1. The maximum absolute atomic E-state index is 7.85. The van der Waals surface area contributed by atoms with E-state index >= 15 is 0 Å². The Bertz CT molecular complexity index is 1300. The monoisotopic (exact) mass is 488 g/mol. The first-order valence-corrected chi connectivity index (χ1v) is 12.8. The van der Waals surface area contributed by atoms with E-state index in [2.05, 4.69) is 64.0 Å². The summed E-state index contributed by atoms with van der Waals surface area (Å²) in [7, 11) is 4.25. The van der Waals surface area contributed by atoms with Crippen LogP contribution in [0, 0.1) is 5.41 Å². The summed E-state index contributed by atoms with van der Waals surface area (Å²) in [6.45, 7) is 9.24. The molecule has 0 bridgehead atoms. The number of hydrogen-bond acceptors (Lipinski definition) is 5. The summed E-state index contributed by atoms with van der Waals surface area (Å²) < 4.78 is 10.4. The first-order chi connectivity index (χ1) is 17.3. The van der Waals surface area contributed by atoms with Crippen molar-refractivity contribution in [3.8, 4) is 28.3 Å². The molecule has 36 heavy (non-hydrogen) atoms. The Morgan fingerprint density at radius 1 is 1.22 bits per heavy atom. The molecule has 1 aromatic carbocycles. The second-order valence-electron chi connectivity index (χ2n) is 10.2. The summed E-state index contributed by atoms with van der Waals surface area (Å²) in [5.74, 6) is 3.01. The molecule has 1 unspecified atom stereocenters. The van der Waals surface area contributed by atoms with Crippen LogP contribution in [0.1, 0.15) is 50.9 Å². The van der Waals surface area contributed by atoms with E-state index in [1.54, 1.807) is 6.92 Å². The minimum Gasteiger partial charge on any atom is -0.491 e. The second kappa shape index (κ2) is 9.89. The third-order valence-electron chi connectivity index (χ3n) is 6.84. The number of nitrogens with zero attached hydrogens (tertiary/aromatic N) is 6. The molecule has 2 aromatic heterocycles. The number of aryl methyl sites for hydroxylation is 1. The number of aliphatic imine (C=N–C) groups is 1. The predicted molar refractivity (Wildman–Crippen MR) is 143 cm³/mol. The van der Waals surface area contributed by atoms with Crippen LogP contribution in [0.4, 0.5) is 0 Å².